The van der Waals surface area contributed by atoms with Gasteiger partial charge < -0.3 is 0 Å². The lowest BCUT2D eigenvalue weighted by atomic mass is 9.72. The van der Waals surface area contributed by atoms with Crippen LogP contribution in [0.4, 0.5) is 0 Å². The predicted octanol–water partition coefficient (Wildman–Crippen LogP) is 6.43. The van der Waals surface area contributed by atoms with Crippen molar-refractivity contribution in [2.75, 3.05) is 0 Å². The Hall–Kier alpha value is -1.87. The maximum absolute atomic E-state index is 12.6. The van der Waals surface area contributed by atoms with Crippen molar-refractivity contribution in [1.29, 1.82) is 0 Å². The predicted molar refractivity (Wildman–Crippen MR) is 115 cm³/mol. The van der Waals surface area contributed by atoms with Gasteiger partial charge >= 0.3 is 0 Å². The van der Waals surface area contributed by atoms with Crippen molar-refractivity contribution in [3.63, 3.8) is 0 Å². The van der Waals surface area contributed by atoms with E-state index in [2.05, 4.69) is 32.9 Å². The number of sulfone groups is 1. The molecule has 2 nitrogen and oxygen atoms in total. The van der Waals surface area contributed by atoms with Gasteiger partial charge in [0.15, 0.2) is 9.84 Å². The van der Waals surface area contributed by atoms with Crippen LogP contribution < -0.4 is 0 Å². The second-order valence-corrected chi connectivity index (χ2v) is 10.4. The minimum Gasteiger partial charge on any atom is -0.223 e. The van der Waals surface area contributed by atoms with E-state index in [-0.39, 0.29) is 5.41 Å². The summed E-state index contributed by atoms with van der Waals surface area (Å²) in [5.74, 6) is 0. The third kappa shape index (κ3) is 5.55. The molecular formula is C24H32O2S. The standard InChI is InChI=1S/C24H32O2S/c1-19(16-17-23-20(2)12-10-18-24(23,4)5)11-9-13-21(3)27(25,26)22-14-7-6-8-15-22/h6-9,11,13-17,21H,10,12,18H2,1-5H3/b13-9+,17-16+,19-11+. The average molecular weight is 385 g/mol. The quantitative estimate of drug-likeness (QED) is 0.529. The fourth-order valence-corrected chi connectivity index (χ4v) is 4.84. The number of rotatable bonds is 6. The monoisotopic (exact) mass is 384 g/mol. The molecule has 146 valence electrons. The zero-order valence-electron chi connectivity index (χ0n) is 17.2. The van der Waals surface area contributed by atoms with E-state index in [0.29, 0.717) is 4.90 Å². The Morgan fingerprint density at radius 2 is 1.85 bits per heavy atom. The third-order valence-electron chi connectivity index (χ3n) is 5.36. The van der Waals surface area contributed by atoms with Crippen LogP contribution >= 0.6 is 0 Å². The van der Waals surface area contributed by atoms with Crippen molar-refractivity contribution in [2.24, 2.45) is 5.41 Å². The van der Waals surface area contributed by atoms with Crippen molar-refractivity contribution in [3.8, 4) is 0 Å². The molecule has 1 aliphatic rings. The van der Waals surface area contributed by atoms with E-state index >= 15 is 0 Å². The Balaban J connectivity index is 2.09. The second-order valence-electron chi connectivity index (χ2n) is 8.12. The molecule has 0 saturated heterocycles. The van der Waals surface area contributed by atoms with Gasteiger partial charge in [-0.15, -0.1) is 0 Å². The highest BCUT2D eigenvalue weighted by Gasteiger charge is 2.26. The molecule has 0 radical (unpaired) electrons. The van der Waals surface area contributed by atoms with E-state index in [1.54, 1.807) is 37.3 Å². The number of allylic oxidation sites excluding steroid dienone is 7. The van der Waals surface area contributed by atoms with Crippen LogP contribution in [0.15, 0.2) is 82.3 Å². The van der Waals surface area contributed by atoms with E-state index in [1.807, 2.05) is 25.1 Å². The van der Waals surface area contributed by atoms with Crippen LogP contribution in [0.2, 0.25) is 0 Å². The molecule has 0 saturated carbocycles. The molecule has 1 unspecified atom stereocenters. The average Bonchev–Trinajstić information content (AvgIpc) is 2.61. The molecular weight excluding hydrogens is 352 g/mol. The van der Waals surface area contributed by atoms with Gasteiger partial charge in [-0.1, -0.05) is 73.6 Å². The van der Waals surface area contributed by atoms with E-state index in [1.165, 1.54) is 30.4 Å². The molecule has 0 aliphatic heterocycles. The smallest absolute Gasteiger partial charge is 0.184 e. The zero-order chi connectivity index (χ0) is 20.1. The number of benzene rings is 1. The van der Waals surface area contributed by atoms with Crippen molar-refractivity contribution in [3.05, 3.63) is 77.4 Å². The first kappa shape index (κ1) is 21.4. The molecule has 0 fully saturated rings. The molecule has 1 aromatic carbocycles. The van der Waals surface area contributed by atoms with Gasteiger partial charge in [0.2, 0.25) is 0 Å². The summed E-state index contributed by atoms with van der Waals surface area (Å²) in [6.07, 6.45) is 13.6. The number of hydrogen-bond donors (Lipinski definition) is 0. The van der Waals surface area contributed by atoms with Crippen LogP contribution in [0.1, 0.15) is 53.9 Å². The molecule has 0 bridgehead atoms. The van der Waals surface area contributed by atoms with Crippen LogP contribution in [0, 0.1) is 5.41 Å². The summed E-state index contributed by atoms with van der Waals surface area (Å²) in [6.45, 7) is 10.6. The summed E-state index contributed by atoms with van der Waals surface area (Å²) in [5, 5.41) is -0.560. The van der Waals surface area contributed by atoms with Gasteiger partial charge in [0, 0.05) is 0 Å². The highest BCUT2D eigenvalue weighted by atomic mass is 32.2. The molecule has 0 amide bonds. The first-order valence-electron chi connectivity index (χ1n) is 9.67. The Morgan fingerprint density at radius 1 is 1.19 bits per heavy atom. The summed E-state index contributed by atoms with van der Waals surface area (Å²) in [5.41, 5.74) is 4.25. The molecule has 1 aromatic rings. The summed E-state index contributed by atoms with van der Waals surface area (Å²) >= 11 is 0. The van der Waals surface area contributed by atoms with Crippen LogP contribution in [-0.4, -0.2) is 13.7 Å². The van der Waals surface area contributed by atoms with Crippen molar-refractivity contribution in [1.82, 2.24) is 0 Å². The molecule has 2 rings (SSSR count). The fourth-order valence-electron chi connectivity index (χ4n) is 3.57. The normalized spacial score (nSPS) is 19.8. The maximum atomic E-state index is 12.6. The van der Waals surface area contributed by atoms with E-state index < -0.39 is 15.1 Å². The Bertz CT molecular complexity index is 866. The van der Waals surface area contributed by atoms with Crippen LogP contribution in [0.25, 0.3) is 0 Å². The fraction of sp³-hybridized carbons (Fsp3) is 0.417. The second kappa shape index (κ2) is 8.88. The molecule has 0 spiro atoms. The van der Waals surface area contributed by atoms with Crippen LogP contribution in [0.3, 0.4) is 0 Å². The molecule has 3 heteroatoms. The largest absolute Gasteiger partial charge is 0.223 e. The minimum atomic E-state index is -3.33. The van der Waals surface area contributed by atoms with E-state index in [0.717, 1.165) is 5.57 Å². The zero-order valence-corrected chi connectivity index (χ0v) is 18.0. The first-order chi connectivity index (χ1) is 12.6. The van der Waals surface area contributed by atoms with Gasteiger partial charge in [0.1, 0.15) is 0 Å². The van der Waals surface area contributed by atoms with Gasteiger partial charge in [-0.05, 0) is 63.2 Å². The maximum Gasteiger partial charge on any atom is 0.184 e. The lowest BCUT2D eigenvalue weighted by molar-refractivity contribution is 0.377. The van der Waals surface area contributed by atoms with Crippen molar-refractivity contribution >= 4 is 9.84 Å². The Labute approximate surface area is 165 Å². The van der Waals surface area contributed by atoms with Crippen LogP contribution in [-0.2, 0) is 9.84 Å². The summed E-state index contributed by atoms with van der Waals surface area (Å²) in [6, 6.07) is 8.61. The SMILES string of the molecule is CC1=C(/C=C/C(C)=C/C=C/C(C)S(=O)(=O)c2ccccc2)C(C)(C)CCC1. The molecule has 0 aromatic heterocycles. The number of hydrogen-bond acceptors (Lipinski definition) is 2. The van der Waals surface area contributed by atoms with Crippen LogP contribution in [0.5, 0.6) is 0 Å². The lowest BCUT2D eigenvalue weighted by Gasteiger charge is -2.32. The summed E-state index contributed by atoms with van der Waals surface area (Å²) in [7, 11) is -3.33. The molecule has 27 heavy (non-hydrogen) atoms. The first-order valence-corrected chi connectivity index (χ1v) is 11.2. The topological polar surface area (TPSA) is 34.1 Å². The Morgan fingerprint density at radius 3 is 2.48 bits per heavy atom. The van der Waals surface area contributed by atoms with Gasteiger partial charge in [0.25, 0.3) is 0 Å². The molecule has 1 atom stereocenters. The Kier molecular flexibility index (Phi) is 7.05. The van der Waals surface area contributed by atoms with E-state index in [9.17, 15) is 8.42 Å². The van der Waals surface area contributed by atoms with Gasteiger partial charge in [-0.3, -0.25) is 0 Å². The summed E-state index contributed by atoms with van der Waals surface area (Å²) < 4.78 is 25.1. The highest BCUT2D eigenvalue weighted by molar-refractivity contribution is 7.92. The van der Waals surface area contributed by atoms with Crippen molar-refractivity contribution in [2.45, 2.75) is 64.0 Å². The lowest BCUT2D eigenvalue weighted by Crippen LogP contribution is -2.19. The van der Waals surface area contributed by atoms with Gasteiger partial charge in [-0.25, -0.2) is 8.42 Å². The van der Waals surface area contributed by atoms with E-state index in [4.69, 9.17) is 0 Å². The molecule has 0 N–H and O–H groups in total. The highest BCUT2D eigenvalue weighted by Crippen LogP contribution is 2.40. The van der Waals surface area contributed by atoms with Crippen molar-refractivity contribution < 1.29 is 8.42 Å². The third-order valence-corrected chi connectivity index (χ3v) is 7.42. The summed E-state index contributed by atoms with van der Waals surface area (Å²) in [4.78, 5) is 0.365. The molecule has 1 aliphatic carbocycles. The molecule has 0 heterocycles. The van der Waals surface area contributed by atoms with Gasteiger partial charge in [0.05, 0.1) is 10.1 Å². The van der Waals surface area contributed by atoms with Gasteiger partial charge in [-0.2, -0.15) is 0 Å². The minimum absolute atomic E-state index is 0.229.